The third-order valence-corrected chi connectivity index (χ3v) is 6.26. The lowest BCUT2D eigenvalue weighted by Crippen LogP contribution is -2.27. The van der Waals surface area contributed by atoms with Gasteiger partial charge in [-0.25, -0.2) is 18.7 Å². The highest BCUT2D eigenvalue weighted by molar-refractivity contribution is 5.88. The second kappa shape index (κ2) is 6.31. The number of aliphatic hydroxyl groups is 1. The SMILES string of the molecule is Cc1nc(NC(O)c2cccc3c2CCC3(F)F)c2cn(C3(C)CC3)c(=O)cc2n1. The van der Waals surface area contributed by atoms with Gasteiger partial charge in [-0.15, -0.1) is 0 Å². The normalized spacial score (nSPS) is 19.5. The summed E-state index contributed by atoms with van der Waals surface area (Å²) in [4.78, 5) is 21.3. The third kappa shape index (κ3) is 2.98. The smallest absolute Gasteiger partial charge is 0.273 e. The monoisotopic (exact) mass is 412 g/mol. The Morgan fingerprint density at radius 3 is 2.73 bits per heavy atom. The van der Waals surface area contributed by atoms with Gasteiger partial charge in [0.1, 0.15) is 11.6 Å². The number of aromatic nitrogens is 3. The molecule has 3 aromatic rings. The van der Waals surface area contributed by atoms with Crippen LogP contribution >= 0.6 is 0 Å². The zero-order chi connectivity index (χ0) is 21.3. The highest BCUT2D eigenvalue weighted by Gasteiger charge is 2.41. The van der Waals surface area contributed by atoms with Crippen molar-refractivity contribution < 1.29 is 13.9 Å². The van der Waals surface area contributed by atoms with Crippen LogP contribution in [0.1, 0.15) is 54.9 Å². The highest BCUT2D eigenvalue weighted by atomic mass is 19.3. The maximum absolute atomic E-state index is 14.1. The van der Waals surface area contributed by atoms with Crippen LogP contribution in [-0.2, 0) is 17.9 Å². The Labute approximate surface area is 171 Å². The lowest BCUT2D eigenvalue weighted by Gasteiger charge is -2.20. The fourth-order valence-corrected chi connectivity index (χ4v) is 4.28. The fraction of sp³-hybridized carbons (Fsp3) is 0.409. The van der Waals surface area contributed by atoms with Crippen LogP contribution in [-0.4, -0.2) is 19.6 Å². The van der Waals surface area contributed by atoms with Crippen molar-refractivity contribution in [2.45, 2.75) is 57.2 Å². The van der Waals surface area contributed by atoms with E-state index in [1.807, 2.05) is 6.92 Å². The standard InChI is InChI=1S/C22H22F2N4O2/c1-12-25-17-10-18(29)28(21(2)8-9-21)11-15(17)19(26-12)27-20(30)14-4-3-5-16-13(14)6-7-22(16,23)24/h3-5,10-11,20,30H,6-9H2,1-2H3,(H,25,26,27). The number of hydrogen-bond acceptors (Lipinski definition) is 5. The minimum atomic E-state index is -2.88. The number of nitrogens with zero attached hydrogens (tertiary/aromatic N) is 3. The molecule has 0 bridgehead atoms. The molecule has 8 heteroatoms. The van der Waals surface area contributed by atoms with Crippen LogP contribution in [0.2, 0.25) is 0 Å². The molecule has 0 saturated heterocycles. The molecule has 1 aromatic carbocycles. The average molecular weight is 412 g/mol. The first-order chi connectivity index (χ1) is 14.2. The number of anilines is 1. The predicted octanol–water partition coefficient (Wildman–Crippen LogP) is 3.75. The molecule has 156 valence electrons. The Kier molecular flexibility index (Phi) is 4.02. The van der Waals surface area contributed by atoms with Crippen LogP contribution in [0.4, 0.5) is 14.6 Å². The van der Waals surface area contributed by atoms with Crippen molar-refractivity contribution in [1.82, 2.24) is 14.5 Å². The summed E-state index contributed by atoms with van der Waals surface area (Å²) in [6.07, 6.45) is 2.29. The number of halogens is 2. The van der Waals surface area contributed by atoms with E-state index in [2.05, 4.69) is 15.3 Å². The maximum atomic E-state index is 14.1. The fourth-order valence-electron chi connectivity index (χ4n) is 4.28. The molecule has 2 aliphatic carbocycles. The molecule has 6 nitrogen and oxygen atoms in total. The van der Waals surface area contributed by atoms with Gasteiger partial charge in [0.05, 0.1) is 10.9 Å². The van der Waals surface area contributed by atoms with Gasteiger partial charge in [-0.1, -0.05) is 18.2 Å². The van der Waals surface area contributed by atoms with Crippen molar-refractivity contribution in [2.24, 2.45) is 0 Å². The summed E-state index contributed by atoms with van der Waals surface area (Å²) in [5.41, 5.74) is 0.997. The third-order valence-electron chi connectivity index (χ3n) is 6.26. The second-order valence-corrected chi connectivity index (χ2v) is 8.52. The summed E-state index contributed by atoms with van der Waals surface area (Å²) in [6.45, 7) is 3.72. The van der Waals surface area contributed by atoms with E-state index in [9.17, 15) is 18.7 Å². The molecular formula is C22H22F2N4O2. The topological polar surface area (TPSA) is 80.0 Å². The molecular weight excluding hydrogens is 390 g/mol. The van der Waals surface area contributed by atoms with Gasteiger partial charge in [-0.3, -0.25) is 4.79 Å². The molecule has 1 unspecified atom stereocenters. The maximum Gasteiger partial charge on any atom is 0.273 e. The van der Waals surface area contributed by atoms with Crippen LogP contribution in [0.3, 0.4) is 0 Å². The van der Waals surface area contributed by atoms with E-state index in [-0.39, 0.29) is 29.5 Å². The van der Waals surface area contributed by atoms with Crippen LogP contribution in [0.5, 0.6) is 0 Å². The van der Waals surface area contributed by atoms with Gasteiger partial charge in [0.2, 0.25) is 0 Å². The molecule has 1 fully saturated rings. The Morgan fingerprint density at radius 2 is 2.00 bits per heavy atom. The average Bonchev–Trinajstić information content (AvgIpc) is 3.35. The lowest BCUT2D eigenvalue weighted by molar-refractivity contribution is -0.00185. The van der Waals surface area contributed by atoms with Gasteiger partial charge >= 0.3 is 0 Å². The Hall–Kier alpha value is -2.87. The van der Waals surface area contributed by atoms with Gasteiger partial charge in [0, 0.05) is 35.3 Å². The van der Waals surface area contributed by atoms with E-state index in [1.165, 1.54) is 18.2 Å². The molecule has 0 aliphatic heterocycles. The molecule has 2 aromatic heterocycles. The molecule has 0 amide bonds. The van der Waals surface area contributed by atoms with Crippen LogP contribution in [0, 0.1) is 6.92 Å². The van der Waals surface area contributed by atoms with E-state index in [4.69, 9.17) is 0 Å². The first kappa shape index (κ1) is 19.1. The van der Waals surface area contributed by atoms with Crippen molar-refractivity contribution in [3.63, 3.8) is 0 Å². The van der Waals surface area contributed by atoms with E-state index < -0.39 is 12.2 Å². The largest absolute Gasteiger partial charge is 0.369 e. The molecule has 1 atom stereocenters. The lowest BCUT2D eigenvalue weighted by atomic mass is 10.0. The predicted molar refractivity (Wildman–Crippen MR) is 109 cm³/mol. The van der Waals surface area contributed by atoms with E-state index in [1.54, 1.807) is 23.8 Å². The summed E-state index contributed by atoms with van der Waals surface area (Å²) in [7, 11) is 0. The number of aliphatic hydroxyl groups excluding tert-OH is 1. The summed E-state index contributed by atoms with van der Waals surface area (Å²) >= 11 is 0. The number of rotatable bonds is 4. The number of hydrogen-bond donors (Lipinski definition) is 2. The minimum Gasteiger partial charge on any atom is -0.369 e. The summed E-state index contributed by atoms with van der Waals surface area (Å²) < 4.78 is 29.9. The van der Waals surface area contributed by atoms with Crippen molar-refractivity contribution in [3.8, 4) is 0 Å². The number of alkyl halides is 2. The first-order valence-corrected chi connectivity index (χ1v) is 10.0. The number of fused-ring (bicyclic) bond motifs is 2. The van der Waals surface area contributed by atoms with Gasteiger partial charge in [-0.05, 0) is 38.7 Å². The number of nitrogens with one attached hydrogen (secondary N) is 1. The van der Waals surface area contributed by atoms with Crippen molar-refractivity contribution in [2.75, 3.05) is 5.32 Å². The van der Waals surface area contributed by atoms with Crippen molar-refractivity contribution in [1.29, 1.82) is 0 Å². The first-order valence-electron chi connectivity index (χ1n) is 10.0. The summed E-state index contributed by atoms with van der Waals surface area (Å²) in [6, 6.07) is 6.08. The molecule has 0 spiro atoms. The Morgan fingerprint density at radius 1 is 1.23 bits per heavy atom. The molecule has 0 radical (unpaired) electrons. The number of pyridine rings is 1. The quantitative estimate of drug-likeness (QED) is 0.638. The van der Waals surface area contributed by atoms with Crippen LogP contribution < -0.4 is 10.9 Å². The zero-order valence-electron chi connectivity index (χ0n) is 16.7. The van der Waals surface area contributed by atoms with Crippen LogP contribution in [0.15, 0.2) is 35.3 Å². The summed E-state index contributed by atoms with van der Waals surface area (Å²) in [5.74, 6) is -2.07. The highest BCUT2D eigenvalue weighted by Crippen LogP contribution is 2.44. The molecule has 2 heterocycles. The van der Waals surface area contributed by atoms with E-state index >= 15 is 0 Å². The molecule has 5 rings (SSSR count). The summed E-state index contributed by atoms with van der Waals surface area (Å²) in [5, 5.41) is 14.4. The molecule has 2 aliphatic rings. The minimum absolute atomic E-state index is 0.0277. The number of benzene rings is 1. The van der Waals surface area contributed by atoms with Gasteiger partial charge < -0.3 is 15.0 Å². The Balaban J connectivity index is 1.58. The van der Waals surface area contributed by atoms with Crippen LogP contribution in [0.25, 0.3) is 10.9 Å². The van der Waals surface area contributed by atoms with Crippen molar-refractivity contribution in [3.05, 3.63) is 63.3 Å². The van der Waals surface area contributed by atoms with Gasteiger partial charge in [0.15, 0.2) is 6.23 Å². The second-order valence-electron chi connectivity index (χ2n) is 8.52. The van der Waals surface area contributed by atoms with Crippen molar-refractivity contribution >= 4 is 16.7 Å². The molecule has 2 N–H and O–H groups in total. The van der Waals surface area contributed by atoms with Gasteiger partial charge in [-0.2, -0.15) is 0 Å². The zero-order valence-corrected chi connectivity index (χ0v) is 16.7. The van der Waals surface area contributed by atoms with Gasteiger partial charge in [0.25, 0.3) is 11.5 Å². The molecule has 1 saturated carbocycles. The molecule has 30 heavy (non-hydrogen) atoms. The van der Waals surface area contributed by atoms with E-state index in [0.717, 1.165) is 12.8 Å². The number of aryl methyl sites for hydroxylation is 1. The Bertz CT molecular complexity index is 1230. The van der Waals surface area contributed by atoms with E-state index in [0.29, 0.717) is 33.7 Å².